The Hall–Kier alpha value is -2.89. The van der Waals surface area contributed by atoms with Gasteiger partial charge in [-0.25, -0.2) is 0 Å². The molecule has 2 N–H and O–H groups in total. The lowest BCUT2D eigenvalue weighted by Crippen LogP contribution is -2.28. The summed E-state index contributed by atoms with van der Waals surface area (Å²) in [5.41, 5.74) is 0. The summed E-state index contributed by atoms with van der Waals surface area (Å²) in [5.74, 6) is -1.34. The van der Waals surface area contributed by atoms with Crippen LogP contribution in [0.3, 0.4) is 0 Å². The van der Waals surface area contributed by atoms with Gasteiger partial charge in [-0.05, 0) is 89.5 Å². The molecule has 1 atom stereocenters. The minimum Gasteiger partial charge on any atom is -0.480 e. The van der Waals surface area contributed by atoms with Crippen molar-refractivity contribution in [1.29, 1.82) is 0 Å². The summed E-state index contributed by atoms with van der Waals surface area (Å²) < 4.78 is 5.90. The van der Waals surface area contributed by atoms with E-state index in [0.717, 1.165) is 89.9 Å². The molecule has 6 nitrogen and oxygen atoms in total. The molecule has 0 heterocycles. The number of carboxylic acids is 1. The van der Waals surface area contributed by atoms with Gasteiger partial charge in [0.1, 0.15) is 12.6 Å². The van der Waals surface area contributed by atoms with E-state index in [0.29, 0.717) is 12.8 Å². The molecular weight excluding hydrogens is 610 g/mol. The maximum absolute atomic E-state index is 12.7. The molecule has 0 aromatic heterocycles. The Bertz CT molecular complexity index is 933. The Kier molecular flexibility index (Phi) is 35.7. The number of hydrogen-bond donors (Lipinski definition) is 2. The molecule has 0 aromatic carbocycles. The zero-order valence-corrected chi connectivity index (χ0v) is 31.5. The van der Waals surface area contributed by atoms with Crippen molar-refractivity contribution in [3.05, 3.63) is 60.8 Å². The summed E-state index contributed by atoms with van der Waals surface area (Å²) in [6.07, 6.45) is 49.2. The number of aliphatic carboxylic acids is 1. The molecule has 0 fully saturated rings. The third kappa shape index (κ3) is 37.8. The maximum Gasteiger partial charge on any atom is 0.322 e. The lowest BCUT2D eigenvalue weighted by Gasteiger charge is -2.14. The van der Waals surface area contributed by atoms with Crippen LogP contribution >= 0.6 is 0 Å². The normalized spacial score (nSPS) is 12.7. The lowest BCUT2D eigenvalue weighted by molar-refractivity contribution is -0.147. The van der Waals surface area contributed by atoms with Gasteiger partial charge < -0.3 is 15.2 Å². The van der Waals surface area contributed by atoms with Crippen LogP contribution in [0.1, 0.15) is 181 Å². The standard InChI is InChI=1S/C43H73NO5/c1-3-5-7-9-11-13-15-16-17-18-19-21-23-25-30-34-38-43(48)49-40(35-31-27-24-22-20-14-12-10-8-6-4-2)36-32-28-26-29-33-37-41(45)44-39-42(46)47/h12-15,17-18,22,24,31,35,40H,3-11,16,19-21,23,25-30,32-34,36-39H2,1-2H3,(H,44,45)(H,46,47)/b14-12-,15-13-,18-17-,24-22-,35-31-. The molecule has 0 aliphatic carbocycles. The van der Waals surface area contributed by atoms with Crippen LogP contribution in [0.5, 0.6) is 0 Å². The third-order valence-corrected chi connectivity index (χ3v) is 8.40. The van der Waals surface area contributed by atoms with Crippen LogP contribution in [0.4, 0.5) is 0 Å². The smallest absolute Gasteiger partial charge is 0.322 e. The number of esters is 1. The van der Waals surface area contributed by atoms with Gasteiger partial charge in [0.15, 0.2) is 0 Å². The number of nitrogens with one attached hydrogen (secondary N) is 1. The second kappa shape index (κ2) is 37.9. The van der Waals surface area contributed by atoms with Crippen molar-refractivity contribution in [2.24, 2.45) is 0 Å². The summed E-state index contributed by atoms with van der Waals surface area (Å²) in [6.45, 7) is 4.15. The minimum absolute atomic E-state index is 0.105. The Labute approximate surface area is 301 Å². The number of carboxylic acid groups (broad SMARTS) is 1. The minimum atomic E-state index is -1.03. The van der Waals surface area contributed by atoms with Crippen molar-refractivity contribution in [1.82, 2.24) is 5.32 Å². The molecule has 0 rings (SSSR count). The average molecular weight is 684 g/mol. The Morgan fingerprint density at radius 1 is 0.551 bits per heavy atom. The first-order valence-corrected chi connectivity index (χ1v) is 19.9. The number of ether oxygens (including phenoxy) is 1. The van der Waals surface area contributed by atoms with Crippen molar-refractivity contribution in [2.45, 2.75) is 187 Å². The SMILES string of the molecule is CCCCC/C=C\C/C=C\C/C=C\C(CCCCCCCC(=O)NCC(=O)O)OC(=O)CCCCCCC/C=C\C/C=C\CCCCCC. The van der Waals surface area contributed by atoms with Crippen LogP contribution in [-0.2, 0) is 19.1 Å². The number of amides is 1. The van der Waals surface area contributed by atoms with E-state index in [1.807, 2.05) is 6.08 Å². The van der Waals surface area contributed by atoms with E-state index in [9.17, 15) is 14.4 Å². The van der Waals surface area contributed by atoms with Crippen molar-refractivity contribution in [3.8, 4) is 0 Å². The van der Waals surface area contributed by atoms with Crippen LogP contribution in [0.2, 0.25) is 0 Å². The number of carbonyl (C=O) groups excluding carboxylic acids is 2. The highest BCUT2D eigenvalue weighted by molar-refractivity contribution is 5.80. The largest absolute Gasteiger partial charge is 0.480 e. The summed E-state index contributed by atoms with van der Waals surface area (Å²) in [6, 6.07) is 0. The number of rotatable bonds is 35. The van der Waals surface area contributed by atoms with E-state index < -0.39 is 5.97 Å². The summed E-state index contributed by atoms with van der Waals surface area (Å²) in [5, 5.41) is 11.1. The molecule has 0 saturated heterocycles. The van der Waals surface area contributed by atoms with Gasteiger partial charge in [-0.15, -0.1) is 0 Å². The van der Waals surface area contributed by atoms with Crippen LogP contribution in [0.25, 0.3) is 0 Å². The molecule has 0 aliphatic rings. The van der Waals surface area contributed by atoms with Gasteiger partial charge in [-0.1, -0.05) is 139 Å². The fraction of sp³-hybridized carbons (Fsp3) is 0.698. The highest BCUT2D eigenvalue weighted by atomic mass is 16.5. The molecule has 6 heteroatoms. The van der Waals surface area contributed by atoms with Gasteiger partial charge in [-0.3, -0.25) is 14.4 Å². The van der Waals surface area contributed by atoms with Crippen molar-refractivity contribution < 1.29 is 24.2 Å². The van der Waals surface area contributed by atoms with Gasteiger partial charge in [0.25, 0.3) is 0 Å². The van der Waals surface area contributed by atoms with Gasteiger partial charge in [0.05, 0.1) is 0 Å². The second-order valence-electron chi connectivity index (χ2n) is 13.2. The molecule has 0 radical (unpaired) electrons. The van der Waals surface area contributed by atoms with Gasteiger partial charge in [0.2, 0.25) is 5.91 Å². The Balaban J connectivity index is 4.32. The van der Waals surface area contributed by atoms with Gasteiger partial charge in [-0.2, -0.15) is 0 Å². The molecule has 0 aliphatic heterocycles. The van der Waals surface area contributed by atoms with Crippen LogP contribution in [0.15, 0.2) is 60.8 Å². The molecule has 0 bridgehead atoms. The monoisotopic (exact) mass is 684 g/mol. The zero-order valence-electron chi connectivity index (χ0n) is 31.5. The first kappa shape index (κ1) is 46.1. The fourth-order valence-electron chi connectivity index (χ4n) is 5.41. The molecule has 280 valence electrons. The molecule has 49 heavy (non-hydrogen) atoms. The van der Waals surface area contributed by atoms with E-state index in [1.54, 1.807) is 0 Å². The Morgan fingerprint density at radius 2 is 1.00 bits per heavy atom. The van der Waals surface area contributed by atoms with E-state index in [4.69, 9.17) is 9.84 Å². The topological polar surface area (TPSA) is 92.7 Å². The van der Waals surface area contributed by atoms with Gasteiger partial charge >= 0.3 is 11.9 Å². The van der Waals surface area contributed by atoms with Crippen LogP contribution < -0.4 is 5.32 Å². The summed E-state index contributed by atoms with van der Waals surface area (Å²) in [7, 11) is 0. The second-order valence-corrected chi connectivity index (χ2v) is 13.2. The van der Waals surface area contributed by atoms with E-state index in [-0.39, 0.29) is 24.5 Å². The molecule has 0 aromatic rings. The summed E-state index contributed by atoms with van der Waals surface area (Å²) in [4.78, 5) is 34.9. The number of carbonyl (C=O) groups is 3. The molecular formula is C43H73NO5. The maximum atomic E-state index is 12.7. The quantitative estimate of drug-likeness (QED) is 0.0394. The van der Waals surface area contributed by atoms with Gasteiger partial charge in [0, 0.05) is 12.8 Å². The Morgan fingerprint density at radius 3 is 1.59 bits per heavy atom. The van der Waals surface area contributed by atoms with Crippen molar-refractivity contribution in [3.63, 3.8) is 0 Å². The number of allylic oxidation sites excluding steroid dienone is 9. The average Bonchev–Trinajstić information content (AvgIpc) is 3.08. The van der Waals surface area contributed by atoms with Crippen molar-refractivity contribution in [2.75, 3.05) is 6.54 Å². The van der Waals surface area contributed by atoms with E-state index in [1.165, 1.54) is 64.2 Å². The fourth-order valence-corrected chi connectivity index (χ4v) is 5.41. The molecule has 1 amide bonds. The molecule has 0 saturated carbocycles. The first-order chi connectivity index (χ1) is 24.0. The first-order valence-electron chi connectivity index (χ1n) is 19.9. The number of unbranched alkanes of at least 4 members (excludes halogenated alkanes) is 16. The predicted molar refractivity (Wildman–Crippen MR) is 208 cm³/mol. The van der Waals surface area contributed by atoms with Crippen LogP contribution in [0, 0.1) is 0 Å². The zero-order chi connectivity index (χ0) is 35.9. The highest BCUT2D eigenvalue weighted by Crippen LogP contribution is 2.15. The summed E-state index contributed by atoms with van der Waals surface area (Å²) >= 11 is 0. The third-order valence-electron chi connectivity index (χ3n) is 8.40. The number of hydrogen-bond acceptors (Lipinski definition) is 4. The molecule has 0 spiro atoms. The highest BCUT2D eigenvalue weighted by Gasteiger charge is 2.11. The van der Waals surface area contributed by atoms with E-state index >= 15 is 0 Å². The van der Waals surface area contributed by atoms with E-state index in [2.05, 4.69) is 73.8 Å². The predicted octanol–water partition coefficient (Wildman–Crippen LogP) is 12.1. The lowest BCUT2D eigenvalue weighted by atomic mass is 10.1. The van der Waals surface area contributed by atoms with Crippen molar-refractivity contribution >= 4 is 17.8 Å². The molecule has 1 unspecified atom stereocenters. The van der Waals surface area contributed by atoms with Crippen LogP contribution in [-0.4, -0.2) is 35.6 Å².